The standard InChI is InChI=1S/C23H30N6O2/c1-17(2)29-23(24-25-26-29)22(18-10-11-20(30-3)21(16-18)31-4)28-14-12-27(13-15-28)19-8-6-5-7-9-19/h5-11,16-17,22H,12-15H2,1-4H3/t22-/m1/s1. The molecule has 1 aliphatic heterocycles. The molecule has 1 aromatic heterocycles. The first-order valence-electron chi connectivity index (χ1n) is 10.7. The maximum absolute atomic E-state index is 5.57. The van der Waals surface area contributed by atoms with E-state index in [9.17, 15) is 0 Å². The van der Waals surface area contributed by atoms with Gasteiger partial charge in [-0.3, -0.25) is 4.90 Å². The quantitative estimate of drug-likeness (QED) is 0.579. The number of tetrazole rings is 1. The second-order valence-corrected chi connectivity index (χ2v) is 7.95. The molecule has 0 aliphatic carbocycles. The SMILES string of the molecule is COc1ccc([C@H](c2nnnn2C(C)C)N2CCN(c3ccccc3)CC2)cc1OC. The lowest BCUT2D eigenvalue weighted by Gasteiger charge is -2.40. The molecule has 0 bridgehead atoms. The summed E-state index contributed by atoms with van der Waals surface area (Å²) in [6.07, 6.45) is 0. The second kappa shape index (κ2) is 9.34. The lowest BCUT2D eigenvalue weighted by atomic mass is 10.0. The first kappa shape index (κ1) is 21.1. The maximum Gasteiger partial charge on any atom is 0.173 e. The van der Waals surface area contributed by atoms with Gasteiger partial charge >= 0.3 is 0 Å². The van der Waals surface area contributed by atoms with E-state index in [-0.39, 0.29) is 12.1 Å². The lowest BCUT2D eigenvalue weighted by Crippen LogP contribution is -2.48. The largest absolute Gasteiger partial charge is 0.493 e. The molecule has 1 saturated heterocycles. The topological polar surface area (TPSA) is 68.5 Å². The molecule has 0 spiro atoms. The highest BCUT2D eigenvalue weighted by molar-refractivity contribution is 5.47. The Morgan fingerprint density at radius 1 is 0.871 bits per heavy atom. The van der Waals surface area contributed by atoms with Crippen LogP contribution in [0.1, 0.15) is 37.3 Å². The van der Waals surface area contributed by atoms with Crippen LogP contribution in [0.3, 0.4) is 0 Å². The number of benzene rings is 2. The lowest BCUT2D eigenvalue weighted by molar-refractivity contribution is 0.198. The van der Waals surface area contributed by atoms with Gasteiger partial charge < -0.3 is 14.4 Å². The molecule has 0 N–H and O–H groups in total. The van der Waals surface area contributed by atoms with Gasteiger partial charge in [0.2, 0.25) is 0 Å². The minimum Gasteiger partial charge on any atom is -0.493 e. The fourth-order valence-corrected chi connectivity index (χ4v) is 4.17. The van der Waals surface area contributed by atoms with Crippen molar-refractivity contribution in [2.24, 2.45) is 0 Å². The van der Waals surface area contributed by atoms with Crippen LogP contribution in [0.4, 0.5) is 5.69 Å². The number of rotatable bonds is 7. The van der Waals surface area contributed by atoms with Gasteiger partial charge in [-0.05, 0) is 54.1 Å². The summed E-state index contributed by atoms with van der Waals surface area (Å²) < 4.78 is 12.9. The third-order valence-corrected chi connectivity index (χ3v) is 5.78. The predicted octanol–water partition coefficient (Wildman–Crippen LogP) is 3.18. The summed E-state index contributed by atoms with van der Waals surface area (Å²) in [5, 5.41) is 12.7. The van der Waals surface area contributed by atoms with E-state index in [0.717, 1.165) is 37.6 Å². The van der Waals surface area contributed by atoms with Gasteiger partial charge in [-0.1, -0.05) is 24.3 Å². The normalized spacial score (nSPS) is 15.8. The fourth-order valence-electron chi connectivity index (χ4n) is 4.17. The second-order valence-electron chi connectivity index (χ2n) is 7.95. The first-order chi connectivity index (χ1) is 15.1. The predicted molar refractivity (Wildman–Crippen MR) is 120 cm³/mol. The van der Waals surface area contributed by atoms with Crippen LogP contribution in [0.5, 0.6) is 11.5 Å². The average Bonchev–Trinajstić information content (AvgIpc) is 3.30. The molecule has 0 radical (unpaired) electrons. The molecule has 1 fully saturated rings. The molecular weight excluding hydrogens is 392 g/mol. The number of piperazine rings is 1. The van der Waals surface area contributed by atoms with Crippen molar-refractivity contribution in [1.82, 2.24) is 25.1 Å². The van der Waals surface area contributed by atoms with Crippen molar-refractivity contribution in [3.63, 3.8) is 0 Å². The zero-order valence-corrected chi connectivity index (χ0v) is 18.6. The van der Waals surface area contributed by atoms with Crippen molar-refractivity contribution in [2.45, 2.75) is 25.9 Å². The summed E-state index contributed by atoms with van der Waals surface area (Å²) in [5.41, 5.74) is 2.35. The van der Waals surface area contributed by atoms with Gasteiger partial charge in [0.25, 0.3) is 0 Å². The van der Waals surface area contributed by atoms with Gasteiger partial charge in [-0.2, -0.15) is 0 Å². The van der Waals surface area contributed by atoms with Crippen LogP contribution in [-0.2, 0) is 0 Å². The Morgan fingerprint density at radius 2 is 1.58 bits per heavy atom. The molecule has 1 aliphatic rings. The number of anilines is 1. The van der Waals surface area contributed by atoms with E-state index in [1.807, 2.05) is 16.8 Å². The highest BCUT2D eigenvalue weighted by Crippen LogP contribution is 2.35. The smallest absolute Gasteiger partial charge is 0.173 e. The van der Waals surface area contributed by atoms with E-state index in [4.69, 9.17) is 9.47 Å². The molecule has 3 aromatic rings. The molecule has 0 saturated carbocycles. The van der Waals surface area contributed by atoms with Crippen LogP contribution in [-0.4, -0.2) is 65.5 Å². The Kier molecular flexibility index (Phi) is 6.36. The molecule has 164 valence electrons. The zero-order chi connectivity index (χ0) is 21.8. The van der Waals surface area contributed by atoms with Crippen molar-refractivity contribution >= 4 is 5.69 Å². The van der Waals surface area contributed by atoms with E-state index in [0.29, 0.717) is 11.5 Å². The fraction of sp³-hybridized carbons (Fsp3) is 0.435. The van der Waals surface area contributed by atoms with Gasteiger partial charge in [0.05, 0.1) is 26.3 Å². The number of methoxy groups -OCH3 is 2. The highest BCUT2D eigenvalue weighted by atomic mass is 16.5. The minimum absolute atomic E-state index is 0.0740. The molecular formula is C23H30N6O2. The van der Waals surface area contributed by atoms with Crippen LogP contribution < -0.4 is 14.4 Å². The van der Waals surface area contributed by atoms with Gasteiger partial charge in [-0.15, -0.1) is 5.10 Å². The highest BCUT2D eigenvalue weighted by Gasteiger charge is 2.32. The summed E-state index contributed by atoms with van der Waals surface area (Å²) in [6.45, 7) is 7.88. The van der Waals surface area contributed by atoms with Gasteiger partial charge in [-0.25, -0.2) is 4.68 Å². The molecule has 0 amide bonds. The van der Waals surface area contributed by atoms with Crippen LogP contribution in [0.25, 0.3) is 0 Å². The number of nitrogens with zero attached hydrogens (tertiary/aromatic N) is 6. The van der Waals surface area contributed by atoms with Crippen molar-refractivity contribution in [3.05, 3.63) is 59.9 Å². The Labute approximate surface area is 183 Å². The Balaban J connectivity index is 1.66. The van der Waals surface area contributed by atoms with Gasteiger partial charge in [0.1, 0.15) is 0 Å². The summed E-state index contributed by atoms with van der Waals surface area (Å²) >= 11 is 0. The third-order valence-electron chi connectivity index (χ3n) is 5.78. The van der Waals surface area contributed by atoms with E-state index >= 15 is 0 Å². The molecule has 4 rings (SSSR count). The van der Waals surface area contributed by atoms with Crippen LogP contribution >= 0.6 is 0 Å². The summed E-state index contributed by atoms with van der Waals surface area (Å²) in [4.78, 5) is 4.87. The van der Waals surface area contributed by atoms with Crippen molar-refractivity contribution in [1.29, 1.82) is 0 Å². The van der Waals surface area contributed by atoms with Crippen LogP contribution in [0, 0.1) is 0 Å². The van der Waals surface area contributed by atoms with Gasteiger partial charge in [0, 0.05) is 31.9 Å². The molecule has 2 heterocycles. The summed E-state index contributed by atoms with van der Waals surface area (Å²) in [7, 11) is 3.31. The molecule has 1 atom stereocenters. The Morgan fingerprint density at radius 3 is 2.23 bits per heavy atom. The molecule has 8 nitrogen and oxygen atoms in total. The first-order valence-corrected chi connectivity index (χ1v) is 10.7. The summed E-state index contributed by atoms with van der Waals surface area (Å²) in [6, 6.07) is 16.7. The zero-order valence-electron chi connectivity index (χ0n) is 18.6. The monoisotopic (exact) mass is 422 g/mol. The van der Waals surface area contributed by atoms with Crippen LogP contribution in [0.2, 0.25) is 0 Å². The molecule has 2 aromatic carbocycles. The van der Waals surface area contributed by atoms with Crippen LogP contribution in [0.15, 0.2) is 48.5 Å². The number of para-hydroxylation sites is 1. The molecule has 0 unspecified atom stereocenters. The van der Waals surface area contributed by atoms with E-state index in [1.54, 1.807) is 14.2 Å². The minimum atomic E-state index is -0.0740. The average molecular weight is 423 g/mol. The van der Waals surface area contributed by atoms with E-state index < -0.39 is 0 Å². The Bertz CT molecular complexity index is 983. The number of aromatic nitrogens is 4. The number of ether oxygens (including phenoxy) is 2. The maximum atomic E-state index is 5.57. The van der Waals surface area contributed by atoms with Crippen molar-refractivity contribution < 1.29 is 9.47 Å². The third kappa shape index (κ3) is 4.34. The van der Waals surface area contributed by atoms with Gasteiger partial charge in [0.15, 0.2) is 17.3 Å². The molecule has 31 heavy (non-hydrogen) atoms. The number of hydrogen-bond donors (Lipinski definition) is 0. The molecule has 8 heteroatoms. The van der Waals surface area contributed by atoms with E-state index in [2.05, 4.69) is 75.6 Å². The van der Waals surface area contributed by atoms with Crippen molar-refractivity contribution in [3.8, 4) is 11.5 Å². The summed E-state index contributed by atoms with van der Waals surface area (Å²) in [5.74, 6) is 2.26. The van der Waals surface area contributed by atoms with Crippen molar-refractivity contribution in [2.75, 3.05) is 45.3 Å². The number of hydrogen-bond acceptors (Lipinski definition) is 7. The van der Waals surface area contributed by atoms with E-state index in [1.165, 1.54) is 5.69 Å². The Hall–Kier alpha value is -3.13.